The first-order valence-electron chi connectivity index (χ1n) is 8.80. The number of methoxy groups -OCH3 is 1. The number of amides is 2. The van der Waals surface area contributed by atoms with Crippen LogP contribution < -0.4 is 4.90 Å². The molecule has 2 amide bonds. The van der Waals surface area contributed by atoms with Gasteiger partial charge in [-0.1, -0.05) is 18.2 Å². The van der Waals surface area contributed by atoms with Gasteiger partial charge in [-0.05, 0) is 31.4 Å². The van der Waals surface area contributed by atoms with Crippen molar-refractivity contribution in [3.63, 3.8) is 0 Å². The Bertz CT molecular complexity index is 611. The van der Waals surface area contributed by atoms with Gasteiger partial charge < -0.3 is 19.3 Å². The maximum Gasteiger partial charge on any atom is 0.248 e. The van der Waals surface area contributed by atoms with Gasteiger partial charge in [0.2, 0.25) is 11.8 Å². The molecule has 0 radical (unpaired) electrons. The fraction of sp³-hybridized carbons (Fsp3) is 0.579. The quantitative estimate of drug-likeness (QED) is 0.835. The molecule has 136 valence electrons. The van der Waals surface area contributed by atoms with Gasteiger partial charge in [0.05, 0.1) is 18.2 Å². The molecule has 2 aliphatic rings. The third-order valence-corrected chi connectivity index (χ3v) is 5.22. The molecule has 0 saturated carbocycles. The van der Waals surface area contributed by atoms with Crippen molar-refractivity contribution in [3.05, 3.63) is 30.3 Å². The molecule has 2 heterocycles. The fourth-order valence-corrected chi connectivity index (χ4v) is 3.95. The largest absolute Gasteiger partial charge is 0.375 e. The molecule has 6 heteroatoms. The summed E-state index contributed by atoms with van der Waals surface area (Å²) in [7, 11) is 1.54. The second-order valence-corrected chi connectivity index (χ2v) is 6.89. The maximum atomic E-state index is 12.2. The van der Waals surface area contributed by atoms with Crippen molar-refractivity contribution >= 4 is 17.5 Å². The van der Waals surface area contributed by atoms with Gasteiger partial charge in [0.15, 0.2) is 0 Å². The normalized spacial score (nSPS) is 22.2. The average molecular weight is 346 g/mol. The summed E-state index contributed by atoms with van der Waals surface area (Å²) in [5, 5.41) is 0. The van der Waals surface area contributed by atoms with Gasteiger partial charge in [-0.3, -0.25) is 9.59 Å². The van der Waals surface area contributed by atoms with Crippen LogP contribution in [0.2, 0.25) is 0 Å². The van der Waals surface area contributed by atoms with E-state index in [1.54, 1.807) is 6.92 Å². The summed E-state index contributed by atoms with van der Waals surface area (Å²) in [5.74, 6) is 0.0612. The molecule has 3 rings (SSSR count). The number of anilines is 1. The molecule has 0 aromatic heterocycles. The highest BCUT2D eigenvalue weighted by atomic mass is 16.5. The summed E-state index contributed by atoms with van der Waals surface area (Å²) in [5.41, 5.74) is 0.685. The van der Waals surface area contributed by atoms with Crippen LogP contribution in [0.25, 0.3) is 0 Å². The second kappa shape index (κ2) is 7.54. The van der Waals surface area contributed by atoms with Gasteiger partial charge >= 0.3 is 0 Å². The molecule has 0 bridgehead atoms. The summed E-state index contributed by atoms with van der Waals surface area (Å²) in [6.07, 6.45) is 2.42. The predicted octanol–water partition coefficient (Wildman–Crippen LogP) is 1.84. The van der Waals surface area contributed by atoms with E-state index in [1.165, 1.54) is 7.11 Å². The van der Waals surface area contributed by atoms with Crippen LogP contribution in [0.3, 0.4) is 0 Å². The molecular formula is C19H26N2O4. The molecule has 1 aromatic carbocycles. The SMILES string of the molecule is COCC(=O)N1CCC2(CC1)CC(N(C(C)=O)c1ccccc1)CO2. The summed E-state index contributed by atoms with van der Waals surface area (Å²) < 4.78 is 11.1. The van der Waals surface area contributed by atoms with E-state index in [9.17, 15) is 9.59 Å². The number of hydrogen-bond donors (Lipinski definition) is 0. The van der Waals surface area contributed by atoms with Crippen molar-refractivity contribution in [3.8, 4) is 0 Å². The predicted molar refractivity (Wildman–Crippen MR) is 94.4 cm³/mol. The zero-order valence-corrected chi connectivity index (χ0v) is 14.9. The van der Waals surface area contributed by atoms with Gasteiger partial charge in [-0.25, -0.2) is 0 Å². The third-order valence-electron chi connectivity index (χ3n) is 5.22. The molecule has 1 unspecified atom stereocenters. The highest BCUT2D eigenvalue weighted by molar-refractivity contribution is 5.92. The zero-order valence-electron chi connectivity index (χ0n) is 14.9. The molecule has 1 spiro atoms. The van der Waals surface area contributed by atoms with E-state index in [0.717, 1.165) is 24.9 Å². The summed E-state index contributed by atoms with van der Waals surface area (Å²) in [6, 6.07) is 9.78. The molecule has 25 heavy (non-hydrogen) atoms. The Labute approximate surface area is 148 Å². The molecule has 0 aliphatic carbocycles. The molecule has 6 nitrogen and oxygen atoms in total. The van der Waals surface area contributed by atoms with Crippen molar-refractivity contribution in [2.24, 2.45) is 0 Å². The summed E-state index contributed by atoms with van der Waals surface area (Å²) in [4.78, 5) is 27.9. The lowest BCUT2D eigenvalue weighted by atomic mass is 9.87. The molecule has 1 aromatic rings. The van der Waals surface area contributed by atoms with E-state index in [0.29, 0.717) is 19.7 Å². The number of carbonyl (C=O) groups is 2. The first-order chi connectivity index (χ1) is 12.0. The van der Waals surface area contributed by atoms with E-state index in [1.807, 2.05) is 40.1 Å². The first kappa shape index (κ1) is 17.9. The van der Waals surface area contributed by atoms with Crippen molar-refractivity contribution in [2.75, 3.05) is 38.3 Å². The number of likely N-dealkylation sites (tertiary alicyclic amines) is 1. The molecule has 2 fully saturated rings. The lowest BCUT2D eigenvalue weighted by Gasteiger charge is -2.39. The number of piperidine rings is 1. The van der Waals surface area contributed by atoms with E-state index >= 15 is 0 Å². The number of para-hydroxylation sites is 1. The van der Waals surface area contributed by atoms with Gasteiger partial charge in [-0.2, -0.15) is 0 Å². The maximum absolute atomic E-state index is 12.2. The zero-order chi connectivity index (χ0) is 17.9. The monoisotopic (exact) mass is 346 g/mol. The second-order valence-electron chi connectivity index (χ2n) is 6.89. The topological polar surface area (TPSA) is 59.1 Å². The molecule has 1 atom stereocenters. The minimum absolute atomic E-state index is 0.0292. The Morgan fingerprint density at radius 2 is 1.96 bits per heavy atom. The van der Waals surface area contributed by atoms with Crippen LogP contribution in [0.4, 0.5) is 5.69 Å². The molecule has 2 aliphatic heterocycles. The van der Waals surface area contributed by atoms with Gasteiger partial charge in [-0.15, -0.1) is 0 Å². The lowest BCUT2D eigenvalue weighted by Crippen LogP contribution is -2.48. The average Bonchev–Trinajstić information content (AvgIpc) is 2.99. The van der Waals surface area contributed by atoms with E-state index < -0.39 is 0 Å². The number of ether oxygens (including phenoxy) is 2. The smallest absolute Gasteiger partial charge is 0.248 e. The Morgan fingerprint density at radius 3 is 2.56 bits per heavy atom. The lowest BCUT2D eigenvalue weighted by molar-refractivity contribution is -0.139. The van der Waals surface area contributed by atoms with Crippen LogP contribution in [-0.2, 0) is 19.1 Å². The van der Waals surface area contributed by atoms with Crippen LogP contribution in [-0.4, -0.2) is 61.8 Å². The Morgan fingerprint density at radius 1 is 1.28 bits per heavy atom. The molecular weight excluding hydrogens is 320 g/mol. The standard InChI is InChI=1S/C19H26N2O4/c1-15(22)21(16-6-4-3-5-7-16)17-12-19(25-13-17)8-10-20(11-9-19)18(23)14-24-2/h3-7,17H,8-14H2,1-2H3. The molecule has 0 N–H and O–H groups in total. The van der Waals surface area contributed by atoms with E-state index in [-0.39, 0.29) is 30.1 Å². The van der Waals surface area contributed by atoms with Gasteiger partial charge in [0, 0.05) is 32.8 Å². The van der Waals surface area contributed by atoms with Crippen molar-refractivity contribution in [2.45, 2.75) is 37.8 Å². The minimum atomic E-state index is -0.225. The van der Waals surface area contributed by atoms with Crippen LogP contribution in [0.5, 0.6) is 0 Å². The summed E-state index contributed by atoms with van der Waals surface area (Å²) >= 11 is 0. The molecule has 2 saturated heterocycles. The Kier molecular flexibility index (Phi) is 5.39. The van der Waals surface area contributed by atoms with Crippen LogP contribution in [0.1, 0.15) is 26.2 Å². The van der Waals surface area contributed by atoms with Crippen molar-refractivity contribution in [1.29, 1.82) is 0 Å². The van der Waals surface area contributed by atoms with Gasteiger partial charge in [0.1, 0.15) is 6.61 Å². The Balaban J connectivity index is 1.65. The third kappa shape index (κ3) is 3.85. The first-order valence-corrected chi connectivity index (χ1v) is 8.80. The van der Waals surface area contributed by atoms with Crippen molar-refractivity contribution < 1.29 is 19.1 Å². The highest BCUT2D eigenvalue weighted by Crippen LogP contribution is 2.38. The van der Waals surface area contributed by atoms with Gasteiger partial charge in [0.25, 0.3) is 0 Å². The Hall–Kier alpha value is -1.92. The number of nitrogens with zero attached hydrogens (tertiary/aromatic N) is 2. The van der Waals surface area contributed by atoms with Crippen molar-refractivity contribution in [1.82, 2.24) is 4.90 Å². The number of hydrogen-bond acceptors (Lipinski definition) is 4. The van der Waals surface area contributed by atoms with Crippen LogP contribution in [0, 0.1) is 0 Å². The highest BCUT2D eigenvalue weighted by Gasteiger charge is 2.45. The fourth-order valence-electron chi connectivity index (χ4n) is 3.95. The van der Waals surface area contributed by atoms with E-state index in [4.69, 9.17) is 9.47 Å². The summed E-state index contributed by atoms with van der Waals surface area (Å²) in [6.45, 7) is 3.63. The van der Waals surface area contributed by atoms with Crippen LogP contribution in [0.15, 0.2) is 30.3 Å². The number of benzene rings is 1. The number of rotatable bonds is 4. The minimum Gasteiger partial charge on any atom is -0.375 e. The number of carbonyl (C=O) groups excluding carboxylic acids is 2. The van der Waals surface area contributed by atoms with E-state index in [2.05, 4.69) is 0 Å². The van der Waals surface area contributed by atoms with Crippen LogP contribution >= 0.6 is 0 Å².